The zero-order valence-electron chi connectivity index (χ0n) is 9.03. The molecule has 0 unspecified atom stereocenters. The van der Waals surface area contributed by atoms with E-state index < -0.39 is 10.0 Å². The Labute approximate surface area is 94.2 Å². The van der Waals surface area contributed by atoms with Crippen molar-refractivity contribution in [2.24, 2.45) is 5.11 Å². The lowest BCUT2D eigenvalue weighted by Gasteiger charge is -2.19. The highest BCUT2D eigenvalue weighted by Gasteiger charge is 2.14. The number of para-hydroxylation sites is 1. The van der Waals surface area contributed by atoms with Crippen LogP contribution in [-0.2, 0) is 16.6 Å². The Morgan fingerprint density at radius 3 is 2.62 bits per heavy atom. The van der Waals surface area contributed by atoms with Gasteiger partial charge in [0.25, 0.3) is 0 Å². The summed E-state index contributed by atoms with van der Waals surface area (Å²) in [5.74, 6) is 0. The molecule has 0 spiro atoms. The normalized spacial score (nSPS) is 10.6. The first-order chi connectivity index (χ1) is 7.46. The number of rotatable bonds is 4. The average molecular weight is 240 g/mol. The van der Waals surface area contributed by atoms with Gasteiger partial charge in [-0.05, 0) is 17.2 Å². The van der Waals surface area contributed by atoms with Gasteiger partial charge in [0.15, 0.2) is 0 Å². The molecule has 1 aromatic rings. The third-order valence-electron chi connectivity index (χ3n) is 2.13. The molecular weight excluding hydrogens is 228 g/mol. The van der Waals surface area contributed by atoms with Gasteiger partial charge in [0, 0.05) is 12.0 Å². The van der Waals surface area contributed by atoms with Crippen molar-refractivity contribution in [1.29, 1.82) is 0 Å². The summed E-state index contributed by atoms with van der Waals surface area (Å²) in [5, 5.41) is 3.43. The standard InChI is InChI=1S/C9H12N4O2S/c1-13(16(2,14)15)9-6-4-3-5-8(9)7-11-12-10/h3-6H,7H2,1-2H3. The van der Waals surface area contributed by atoms with Gasteiger partial charge in [-0.3, -0.25) is 4.31 Å². The lowest BCUT2D eigenvalue weighted by molar-refractivity contribution is 0.600. The fourth-order valence-electron chi connectivity index (χ4n) is 1.24. The molecule has 0 radical (unpaired) electrons. The molecule has 0 atom stereocenters. The highest BCUT2D eigenvalue weighted by molar-refractivity contribution is 7.92. The van der Waals surface area contributed by atoms with E-state index in [0.717, 1.165) is 10.6 Å². The Bertz CT molecular complexity index is 520. The number of azide groups is 1. The van der Waals surface area contributed by atoms with Gasteiger partial charge in [-0.15, -0.1) is 0 Å². The van der Waals surface area contributed by atoms with Gasteiger partial charge in [-0.2, -0.15) is 0 Å². The summed E-state index contributed by atoms with van der Waals surface area (Å²) >= 11 is 0. The van der Waals surface area contributed by atoms with Crippen molar-refractivity contribution in [2.45, 2.75) is 6.54 Å². The van der Waals surface area contributed by atoms with E-state index in [1.807, 2.05) is 0 Å². The van der Waals surface area contributed by atoms with Crippen molar-refractivity contribution >= 4 is 15.7 Å². The quantitative estimate of drug-likeness (QED) is 0.457. The van der Waals surface area contributed by atoms with Crippen LogP contribution in [0.3, 0.4) is 0 Å². The number of hydrogen-bond donors (Lipinski definition) is 0. The molecule has 0 saturated carbocycles. The average Bonchev–Trinajstić information content (AvgIpc) is 2.24. The second-order valence-electron chi connectivity index (χ2n) is 3.25. The van der Waals surface area contributed by atoms with Crippen LogP contribution >= 0.6 is 0 Å². The SMILES string of the molecule is CN(c1ccccc1CN=[N+]=[N-])S(C)(=O)=O. The Morgan fingerprint density at radius 1 is 1.44 bits per heavy atom. The molecule has 0 aromatic heterocycles. The van der Waals surface area contributed by atoms with Gasteiger partial charge in [0.1, 0.15) is 0 Å². The second kappa shape index (κ2) is 4.87. The van der Waals surface area contributed by atoms with Crippen molar-refractivity contribution in [2.75, 3.05) is 17.6 Å². The summed E-state index contributed by atoms with van der Waals surface area (Å²) in [6, 6.07) is 6.90. The van der Waals surface area contributed by atoms with Gasteiger partial charge >= 0.3 is 0 Å². The Hall–Kier alpha value is -1.72. The number of sulfonamides is 1. The summed E-state index contributed by atoms with van der Waals surface area (Å²) in [6.45, 7) is 0.131. The number of anilines is 1. The first kappa shape index (κ1) is 12.4. The summed E-state index contributed by atoms with van der Waals surface area (Å²) in [5.41, 5.74) is 9.44. The highest BCUT2D eigenvalue weighted by atomic mass is 32.2. The van der Waals surface area contributed by atoms with Crippen LogP contribution in [-0.4, -0.2) is 21.7 Å². The van der Waals surface area contributed by atoms with E-state index in [-0.39, 0.29) is 6.54 Å². The largest absolute Gasteiger partial charge is 0.273 e. The van der Waals surface area contributed by atoms with E-state index in [0.29, 0.717) is 11.3 Å². The molecule has 0 aliphatic heterocycles. The molecule has 1 rings (SSSR count). The first-order valence-corrected chi connectivity index (χ1v) is 6.34. The molecule has 0 N–H and O–H groups in total. The minimum absolute atomic E-state index is 0.131. The molecule has 0 saturated heterocycles. The van der Waals surface area contributed by atoms with Crippen LogP contribution in [0.5, 0.6) is 0 Å². The summed E-state index contributed by atoms with van der Waals surface area (Å²) in [4.78, 5) is 2.65. The second-order valence-corrected chi connectivity index (χ2v) is 5.26. The smallest absolute Gasteiger partial charge is 0.232 e. The van der Waals surface area contributed by atoms with Gasteiger partial charge in [-0.25, -0.2) is 8.42 Å². The molecule has 7 heteroatoms. The van der Waals surface area contributed by atoms with Crippen molar-refractivity contribution in [3.8, 4) is 0 Å². The molecule has 1 aromatic carbocycles. The summed E-state index contributed by atoms with van der Waals surface area (Å²) < 4.78 is 23.9. The summed E-state index contributed by atoms with van der Waals surface area (Å²) in [6.07, 6.45) is 1.12. The van der Waals surface area contributed by atoms with Crippen LogP contribution in [0.4, 0.5) is 5.69 Å². The third-order valence-corrected chi connectivity index (χ3v) is 3.32. The lowest BCUT2D eigenvalue weighted by atomic mass is 10.2. The van der Waals surface area contributed by atoms with Crippen molar-refractivity contribution in [3.63, 3.8) is 0 Å². The zero-order chi connectivity index (χ0) is 12.2. The maximum atomic E-state index is 11.4. The first-order valence-electron chi connectivity index (χ1n) is 4.49. The van der Waals surface area contributed by atoms with E-state index in [4.69, 9.17) is 5.53 Å². The fourth-order valence-corrected chi connectivity index (χ4v) is 1.77. The molecule has 0 heterocycles. The van der Waals surface area contributed by atoms with Gasteiger partial charge in [-0.1, -0.05) is 23.3 Å². The molecular formula is C9H12N4O2S. The fraction of sp³-hybridized carbons (Fsp3) is 0.333. The minimum atomic E-state index is -3.30. The van der Waals surface area contributed by atoms with Gasteiger partial charge < -0.3 is 0 Å². The Morgan fingerprint density at radius 2 is 2.06 bits per heavy atom. The van der Waals surface area contributed by atoms with Crippen LogP contribution in [0.2, 0.25) is 0 Å². The van der Waals surface area contributed by atoms with Crippen LogP contribution in [0, 0.1) is 0 Å². The number of benzene rings is 1. The van der Waals surface area contributed by atoms with E-state index >= 15 is 0 Å². The monoisotopic (exact) mass is 240 g/mol. The maximum absolute atomic E-state index is 11.4. The predicted octanol–water partition coefficient (Wildman–Crippen LogP) is 1.89. The highest BCUT2D eigenvalue weighted by Crippen LogP contribution is 2.21. The molecule has 0 amide bonds. The van der Waals surface area contributed by atoms with E-state index in [2.05, 4.69) is 10.0 Å². The predicted molar refractivity (Wildman–Crippen MR) is 62.5 cm³/mol. The van der Waals surface area contributed by atoms with E-state index in [1.54, 1.807) is 24.3 Å². The molecule has 0 aliphatic rings. The summed E-state index contributed by atoms with van der Waals surface area (Å²) in [7, 11) is -1.84. The minimum Gasteiger partial charge on any atom is -0.273 e. The number of nitrogens with zero attached hydrogens (tertiary/aromatic N) is 4. The maximum Gasteiger partial charge on any atom is 0.232 e. The molecule has 6 nitrogen and oxygen atoms in total. The van der Waals surface area contributed by atoms with E-state index in [9.17, 15) is 8.42 Å². The zero-order valence-corrected chi connectivity index (χ0v) is 9.85. The van der Waals surface area contributed by atoms with E-state index in [1.165, 1.54) is 7.05 Å². The van der Waals surface area contributed by atoms with Crippen LogP contribution in [0.1, 0.15) is 5.56 Å². The molecule has 0 bridgehead atoms. The molecule has 0 fully saturated rings. The molecule has 16 heavy (non-hydrogen) atoms. The van der Waals surface area contributed by atoms with Crippen LogP contribution in [0.15, 0.2) is 29.4 Å². The Balaban J connectivity index is 3.17. The van der Waals surface area contributed by atoms with Crippen molar-refractivity contribution in [1.82, 2.24) is 0 Å². The number of hydrogen-bond acceptors (Lipinski definition) is 3. The third kappa shape index (κ3) is 2.88. The van der Waals surface area contributed by atoms with Crippen LogP contribution in [0.25, 0.3) is 10.4 Å². The van der Waals surface area contributed by atoms with Gasteiger partial charge in [0.2, 0.25) is 10.0 Å². The van der Waals surface area contributed by atoms with Crippen LogP contribution < -0.4 is 4.31 Å². The van der Waals surface area contributed by atoms with Crippen molar-refractivity contribution < 1.29 is 8.42 Å². The molecule has 0 aliphatic carbocycles. The molecule has 86 valence electrons. The lowest BCUT2D eigenvalue weighted by Crippen LogP contribution is -2.25. The Kier molecular flexibility index (Phi) is 3.76. The topological polar surface area (TPSA) is 86.1 Å². The van der Waals surface area contributed by atoms with Gasteiger partial charge in [0.05, 0.1) is 18.5 Å². The van der Waals surface area contributed by atoms with Crippen molar-refractivity contribution in [3.05, 3.63) is 40.3 Å².